The van der Waals surface area contributed by atoms with Crippen molar-refractivity contribution in [2.24, 2.45) is 0 Å². The molecule has 0 bridgehead atoms. The first-order chi connectivity index (χ1) is 10.1. The molecule has 0 radical (unpaired) electrons. The third-order valence-electron chi connectivity index (χ3n) is 3.92. The monoisotopic (exact) mass is 298 g/mol. The molecule has 1 aromatic carbocycles. The van der Waals surface area contributed by atoms with Crippen molar-refractivity contribution in [3.05, 3.63) is 29.3 Å². The number of esters is 1. The number of halogens is 2. The maximum absolute atomic E-state index is 14.0. The molecule has 1 saturated heterocycles. The fourth-order valence-electron chi connectivity index (χ4n) is 2.72. The summed E-state index contributed by atoms with van der Waals surface area (Å²) in [4.78, 5) is 13.6. The average molecular weight is 298 g/mol. The molecule has 116 valence electrons. The number of likely N-dealkylation sites (tertiary alicyclic amines) is 1. The van der Waals surface area contributed by atoms with E-state index in [0.29, 0.717) is 12.6 Å². The lowest BCUT2D eigenvalue weighted by atomic mass is 10.1. The molecular weight excluding hydrogens is 278 g/mol. The number of benzene rings is 1. The zero-order valence-corrected chi connectivity index (χ0v) is 12.3. The average Bonchev–Trinajstić information content (AvgIpc) is 2.95. The molecule has 1 aliphatic heterocycles. The van der Waals surface area contributed by atoms with Crippen LogP contribution in [0.2, 0.25) is 0 Å². The summed E-state index contributed by atoms with van der Waals surface area (Å²) in [5.41, 5.74) is -0.320. The lowest BCUT2D eigenvalue weighted by Crippen LogP contribution is -2.34. The summed E-state index contributed by atoms with van der Waals surface area (Å²) in [5, 5.41) is 2.94. The highest BCUT2D eigenvalue weighted by Crippen LogP contribution is 2.23. The number of carbonyl (C=O) groups excluding carboxylic acids is 1. The third kappa shape index (κ3) is 3.32. The van der Waals surface area contributed by atoms with Crippen LogP contribution in [0.3, 0.4) is 0 Å². The lowest BCUT2D eigenvalue weighted by Gasteiger charge is -2.23. The molecule has 0 aromatic heterocycles. The SMILES string of the molecule is CCN1CCCC1CNc1ccc(C(=O)OC)c(F)c1F. The van der Waals surface area contributed by atoms with E-state index in [2.05, 4.69) is 21.9 Å². The molecule has 0 aliphatic carbocycles. The van der Waals surface area contributed by atoms with Crippen LogP contribution in [0.25, 0.3) is 0 Å². The van der Waals surface area contributed by atoms with Crippen molar-refractivity contribution in [2.75, 3.05) is 32.1 Å². The Bertz CT molecular complexity index is 523. The van der Waals surface area contributed by atoms with Gasteiger partial charge in [0, 0.05) is 12.6 Å². The van der Waals surface area contributed by atoms with E-state index in [1.807, 2.05) is 0 Å². The van der Waals surface area contributed by atoms with E-state index in [9.17, 15) is 13.6 Å². The predicted molar refractivity (Wildman–Crippen MR) is 76.5 cm³/mol. The van der Waals surface area contributed by atoms with Crippen LogP contribution in [0.1, 0.15) is 30.1 Å². The minimum Gasteiger partial charge on any atom is -0.465 e. The summed E-state index contributed by atoms with van der Waals surface area (Å²) in [6.45, 7) is 4.64. The highest BCUT2D eigenvalue weighted by molar-refractivity contribution is 5.90. The maximum Gasteiger partial charge on any atom is 0.340 e. The molecule has 21 heavy (non-hydrogen) atoms. The Hall–Kier alpha value is -1.69. The second-order valence-electron chi connectivity index (χ2n) is 5.09. The summed E-state index contributed by atoms with van der Waals surface area (Å²) < 4.78 is 32.2. The number of methoxy groups -OCH3 is 1. The number of hydrogen-bond acceptors (Lipinski definition) is 4. The van der Waals surface area contributed by atoms with Gasteiger partial charge in [0.25, 0.3) is 0 Å². The number of ether oxygens (including phenoxy) is 1. The summed E-state index contributed by atoms with van der Waals surface area (Å²) >= 11 is 0. The molecule has 6 heteroatoms. The van der Waals surface area contributed by atoms with Gasteiger partial charge in [-0.25, -0.2) is 13.6 Å². The van der Waals surface area contributed by atoms with Gasteiger partial charge in [-0.3, -0.25) is 4.90 Å². The van der Waals surface area contributed by atoms with E-state index < -0.39 is 23.2 Å². The number of carbonyl (C=O) groups is 1. The Morgan fingerprint density at radius 3 is 2.86 bits per heavy atom. The lowest BCUT2D eigenvalue weighted by molar-refractivity contribution is 0.0594. The summed E-state index contributed by atoms with van der Waals surface area (Å²) in [6.07, 6.45) is 2.17. The Balaban J connectivity index is 2.07. The van der Waals surface area contributed by atoms with E-state index >= 15 is 0 Å². The number of nitrogens with one attached hydrogen (secondary N) is 1. The van der Waals surface area contributed by atoms with Crippen molar-refractivity contribution in [3.63, 3.8) is 0 Å². The minimum atomic E-state index is -1.18. The minimum absolute atomic E-state index is 0.0723. The summed E-state index contributed by atoms with van der Waals surface area (Å²) in [5.74, 6) is -3.10. The Morgan fingerprint density at radius 2 is 2.19 bits per heavy atom. The van der Waals surface area contributed by atoms with Crippen LogP contribution in [-0.4, -0.2) is 43.7 Å². The first-order valence-corrected chi connectivity index (χ1v) is 7.12. The van der Waals surface area contributed by atoms with Gasteiger partial charge >= 0.3 is 5.97 Å². The molecule has 1 aliphatic rings. The van der Waals surface area contributed by atoms with Gasteiger partial charge in [0.1, 0.15) is 0 Å². The van der Waals surface area contributed by atoms with E-state index in [-0.39, 0.29) is 5.69 Å². The van der Waals surface area contributed by atoms with E-state index in [0.717, 1.165) is 33.0 Å². The highest BCUT2D eigenvalue weighted by Gasteiger charge is 2.24. The fraction of sp³-hybridized carbons (Fsp3) is 0.533. The van der Waals surface area contributed by atoms with Gasteiger partial charge in [-0.1, -0.05) is 6.92 Å². The van der Waals surface area contributed by atoms with Gasteiger partial charge in [0.2, 0.25) is 0 Å². The molecule has 0 spiro atoms. The smallest absolute Gasteiger partial charge is 0.340 e. The molecular formula is C15H20F2N2O2. The molecule has 1 aromatic rings. The van der Waals surface area contributed by atoms with Crippen molar-refractivity contribution in [3.8, 4) is 0 Å². The molecule has 1 unspecified atom stereocenters. The van der Waals surface area contributed by atoms with Gasteiger partial charge in [-0.2, -0.15) is 0 Å². The van der Waals surface area contributed by atoms with E-state index in [1.54, 1.807) is 0 Å². The number of hydrogen-bond donors (Lipinski definition) is 1. The topological polar surface area (TPSA) is 41.6 Å². The quantitative estimate of drug-likeness (QED) is 0.849. The molecule has 1 atom stereocenters. The Morgan fingerprint density at radius 1 is 1.43 bits per heavy atom. The van der Waals surface area contributed by atoms with Crippen molar-refractivity contribution < 1.29 is 18.3 Å². The Labute approximate surface area is 123 Å². The van der Waals surface area contributed by atoms with Crippen LogP contribution in [-0.2, 0) is 4.74 Å². The molecule has 1 N–H and O–H groups in total. The number of anilines is 1. The molecule has 0 amide bonds. The van der Waals surface area contributed by atoms with Gasteiger partial charge in [0.05, 0.1) is 18.4 Å². The van der Waals surface area contributed by atoms with Gasteiger partial charge in [-0.15, -0.1) is 0 Å². The summed E-state index contributed by atoms with van der Waals surface area (Å²) in [7, 11) is 1.13. The third-order valence-corrected chi connectivity index (χ3v) is 3.92. The fourth-order valence-corrected chi connectivity index (χ4v) is 2.72. The van der Waals surface area contributed by atoms with Gasteiger partial charge < -0.3 is 10.1 Å². The van der Waals surface area contributed by atoms with E-state index in [4.69, 9.17) is 0 Å². The second kappa shape index (κ2) is 6.85. The van der Waals surface area contributed by atoms with Crippen molar-refractivity contribution in [1.82, 2.24) is 4.90 Å². The largest absolute Gasteiger partial charge is 0.465 e. The molecule has 1 fully saturated rings. The van der Waals surface area contributed by atoms with Crippen molar-refractivity contribution >= 4 is 11.7 Å². The standard InChI is InChI=1S/C15H20F2N2O2/c1-3-19-8-4-5-10(19)9-18-12-7-6-11(15(20)21-2)13(16)14(12)17/h6-7,10,18H,3-5,8-9H2,1-2H3. The number of rotatable bonds is 5. The molecule has 0 saturated carbocycles. The maximum atomic E-state index is 14.0. The van der Waals surface area contributed by atoms with Crippen LogP contribution in [0, 0.1) is 11.6 Å². The Kier molecular flexibility index (Phi) is 5.12. The van der Waals surface area contributed by atoms with Crippen LogP contribution in [0.15, 0.2) is 12.1 Å². The number of nitrogens with zero attached hydrogens (tertiary/aromatic N) is 1. The first kappa shape index (κ1) is 15.7. The van der Waals surface area contributed by atoms with Crippen LogP contribution >= 0.6 is 0 Å². The summed E-state index contributed by atoms with van der Waals surface area (Å²) in [6, 6.07) is 2.94. The van der Waals surface area contributed by atoms with Crippen LogP contribution in [0.4, 0.5) is 14.5 Å². The van der Waals surface area contributed by atoms with Crippen molar-refractivity contribution in [2.45, 2.75) is 25.8 Å². The molecule has 4 nitrogen and oxygen atoms in total. The zero-order valence-electron chi connectivity index (χ0n) is 12.3. The second-order valence-corrected chi connectivity index (χ2v) is 5.09. The van der Waals surface area contributed by atoms with Crippen LogP contribution in [0.5, 0.6) is 0 Å². The first-order valence-electron chi connectivity index (χ1n) is 7.12. The van der Waals surface area contributed by atoms with Crippen molar-refractivity contribution in [1.29, 1.82) is 0 Å². The van der Waals surface area contributed by atoms with E-state index in [1.165, 1.54) is 12.1 Å². The van der Waals surface area contributed by atoms with Crippen LogP contribution < -0.4 is 5.32 Å². The normalized spacial score (nSPS) is 18.8. The van der Waals surface area contributed by atoms with Gasteiger partial charge in [-0.05, 0) is 38.1 Å². The highest BCUT2D eigenvalue weighted by atomic mass is 19.2. The van der Waals surface area contributed by atoms with Gasteiger partial charge in [0.15, 0.2) is 11.6 Å². The predicted octanol–water partition coefficient (Wildman–Crippen LogP) is 2.65. The molecule has 2 rings (SSSR count). The number of likely N-dealkylation sites (N-methyl/N-ethyl adjacent to an activating group) is 1. The zero-order chi connectivity index (χ0) is 15.4. The molecule has 1 heterocycles.